The molecule has 0 heterocycles. The van der Waals surface area contributed by atoms with Crippen LogP contribution in [0.4, 0.5) is 0 Å². The van der Waals surface area contributed by atoms with Gasteiger partial charge in [-0.25, -0.2) is 0 Å². The van der Waals surface area contributed by atoms with Crippen molar-refractivity contribution in [1.29, 1.82) is 0 Å². The molecular formula is C18H40N2. The first-order valence-electron chi connectivity index (χ1n) is 8.87. The van der Waals surface area contributed by atoms with Crippen LogP contribution in [0.5, 0.6) is 0 Å². The smallest absolute Gasteiger partial charge is 0.0331 e. The van der Waals surface area contributed by atoms with Gasteiger partial charge in [0.05, 0.1) is 0 Å². The van der Waals surface area contributed by atoms with Gasteiger partial charge in [-0.2, -0.15) is 0 Å². The van der Waals surface area contributed by atoms with E-state index >= 15 is 0 Å². The molecule has 0 aliphatic carbocycles. The summed E-state index contributed by atoms with van der Waals surface area (Å²) in [6, 6.07) is 0. The molecular weight excluding hydrogens is 244 g/mol. The van der Waals surface area contributed by atoms with Crippen LogP contribution in [0.15, 0.2) is 0 Å². The second-order valence-electron chi connectivity index (χ2n) is 7.28. The standard InChI is InChI=1S/C18H40N2/c1-7-11-18(15-19,12-8-2)20(13-9-16(3)4)14-10-17(5)6/h16-17H,7-15,19H2,1-6H3. The number of hydrogen-bond acceptors (Lipinski definition) is 2. The van der Waals surface area contributed by atoms with E-state index in [2.05, 4.69) is 46.4 Å². The maximum Gasteiger partial charge on any atom is 0.0331 e. The van der Waals surface area contributed by atoms with Gasteiger partial charge in [0, 0.05) is 12.1 Å². The third-order valence-electron chi connectivity index (χ3n) is 4.43. The quantitative estimate of drug-likeness (QED) is 0.564. The molecule has 0 unspecified atom stereocenters. The summed E-state index contributed by atoms with van der Waals surface area (Å²) in [6.45, 7) is 17.1. The molecule has 0 radical (unpaired) electrons. The molecule has 0 bridgehead atoms. The highest BCUT2D eigenvalue weighted by atomic mass is 15.2. The third-order valence-corrected chi connectivity index (χ3v) is 4.43. The Morgan fingerprint density at radius 3 is 1.50 bits per heavy atom. The van der Waals surface area contributed by atoms with Crippen molar-refractivity contribution in [1.82, 2.24) is 4.90 Å². The molecule has 0 saturated heterocycles. The van der Waals surface area contributed by atoms with Crippen LogP contribution >= 0.6 is 0 Å². The number of rotatable bonds is 12. The van der Waals surface area contributed by atoms with Gasteiger partial charge in [0.2, 0.25) is 0 Å². The summed E-state index contributed by atoms with van der Waals surface area (Å²) in [6.07, 6.45) is 7.52. The Morgan fingerprint density at radius 1 is 0.850 bits per heavy atom. The zero-order chi connectivity index (χ0) is 15.6. The van der Waals surface area contributed by atoms with Crippen molar-refractivity contribution in [2.24, 2.45) is 17.6 Å². The van der Waals surface area contributed by atoms with Crippen LogP contribution in [-0.4, -0.2) is 30.1 Å². The molecule has 0 aromatic rings. The molecule has 0 saturated carbocycles. The predicted octanol–water partition coefficient (Wildman–Crippen LogP) is 4.68. The van der Waals surface area contributed by atoms with Crippen LogP contribution in [0.3, 0.4) is 0 Å². The Balaban J connectivity index is 4.94. The molecule has 0 aliphatic rings. The van der Waals surface area contributed by atoms with E-state index in [0.29, 0.717) is 0 Å². The van der Waals surface area contributed by atoms with Gasteiger partial charge in [0.1, 0.15) is 0 Å². The zero-order valence-corrected chi connectivity index (χ0v) is 15.0. The first kappa shape index (κ1) is 19.9. The largest absolute Gasteiger partial charge is 0.329 e. The maximum atomic E-state index is 6.25. The van der Waals surface area contributed by atoms with Gasteiger partial charge in [0.25, 0.3) is 0 Å². The minimum Gasteiger partial charge on any atom is -0.329 e. The Hall–Kier alpha value is -0.0800. The summed E-state index contributed by atoms with van der Waals surface area (Å²) in [5.41, 5.74) is 6.50. The fourth-order valence-electron chi connectivity index (χ4n) is 3.12. The summed E-state index contributed by atoms with van der Waals surface area (Å²) < 4.78 is 0. The highest BCUT2D eigenvalue weighted by Crippen LogP contribution is 2.28. The molecule has 0 atom stereocenters. The van der Waals surface area contributed by atoms with E-state index in [1.165, 1.54) is 51.6 Å². The van der Waals surface area contributed by atoms with Crippen LogP contribution in [0.25, 0.3) is 0 Å². The molecule has 20 heavy (non-hydrogen) atoms. The maximum absolute atomic E-state index is 6.25. The molecule has 0 rings (SSSR count). The van der Waals surface area contributed by atoms with Gasteiger partial charge in [0.15, 0.2) is 0 Å². The highest BCUT2D eigenvalue weighted by molar-refractivity contribution is 4.91. The van der Waals surface area contributed by atoms with Crippen molar-refractivity contribution in [2.45, 2.75) is 85.6 Å². The lowest BCUT2D eigenvalue weighted by Crippen LogP contribution is -2.54. The minimum absolute atomic E-state index is 0.243. The van der Waals surface area contributed by atoms with Crippen molar-refractivity contribution in [2.75, 3.05) is 19.6 Å². The number of hydrogen-bond donors (Lipinski definition) is 1. The van der Waals surface area contributed by atoms with E-state index in [4.69, 9.17) is 5.73 Å². The molecule has 2 heteroatoms. The van der Waals surface area contributed by atoms with Crippen LogP contribution in [0, 0.1) is 11.8 Å². The first-order chi connectivity index (χ1) is 9.41. The molecule has 0 fully saturated rings. The van der Waals surface area contributed by atoms with Crippen molar-refractivity contribution in [3.8, 4) is 0 Å². The number of nitrogens with zero attached hydrogens (tertiary/aromatic N) is 1. The lowest BCUT2D eigenvalue weighted by Gasteiger charge is -2.44. The SMILES string of the molecule is CCCC(CN)(CCC)N(CCC(C)C)CCC(C)C. The zero-order valence-electron chi connectivity index (χ0n) is 15.0. The van der Waals surface area contributed by atoms with Crippen molar-refractivity contribution < 1.29 is 0 Å². The molecule has 2 N–H and O–H groups in total. The van der Waals surface area contributed by atoms with E-state index < -0.39 is 0 Å². The normalized spacial score (nSPS) is 12.9. The summed E-state index contributed by atoms with van der Waals surface area (Å²) in [4.78, 5) is 2.74. The van der Waals surface area contributed by atoms with Crippen LogP contribution < -0.4 is 5.73 Å². The molecule has 0 spiro atoms. The van der Waals surface area contributed by atoms with Gasteiger partial charge in [-0.05, 0) is 50.6 Å². The van der Waals surface area contributed by atoms with E-state index in [1.807, 2.05) is 0 Å². The molecule has 122 valence electrons. The Bertz CT molecular complexity index is 205. The average molecular weight is 285 g/mol. The van der Waals surface area contributed by atoms with Gasteiger partial charge in [-0.3, -0.25) is 4.90 Å². The average Bonchev–Trinajstić information content (AvgIpc) is 2.37. The second kappa shape index (κ2) is 10.6. The molecule has 2 nitrogen and oxygen atoms in total. The van der Waals surface area contributed by atoms with Crippen molar-refractivity contribution in [3.05, 3.63) is 0 Å². The van der Waals surface area contributed by atoms with E-state index in [0.717, 1.165) is 18.4 Å². The van der Waals surface area contributed by atoms with E-state index in [-0.39, 0.29) is 5.54 Å². The fraction of sp³-hybridized carbons (Fsp3) is 1.00. The van der Waals surface area contributed by atoms with Gasteiger partial charge >= 0.3 is 0 Å². The van der Waals surface area contributed by atoms with Crippen molar-refractivity contribution >= 4 is 0 Å². The Morgan fingerprint density at radius 2 is 1.25 bits per heavy atom. The molecule has 0 aromatic heterocycles. The molecule has 0 aliphatic heterocycles. The number of nitrogens with two attached hydrogens (primary N) is 1. The summed E-state index contributed by atoms with van der Waals surface area (Å²) >= 11 is 0. The lowest BCUT2D eigenvalue weighted by molar-refractivity contribution is 0.0646. The van der Waals surface area contributed by atoms with Gasteiger partial charge < -0.3 is 5.73 Å². The fourth-order valence-corrected chi connectivity index (χ4v) is 3.12. The molecule has 0 amide bonds. The lowest BCUT2D eigenvalue weighted by atomic mass is 9.85. The highest BCUT2D eigenvalue weighted by Gasteiger charge is 2.33. The monoisotopic (exact) mass is 284 g/mol. The predicted molar refractivity (Wildman–Crippen MR) is 92.1 cm³/mol. The van der Waals surface area contributed by atoms with Crippen molar-refractivity contribution in [3.63, 3.8) is 0 Å². The second-order valence-corrected chi connectivity index (χ2v) is 7.28. The Labute approximate surface area is 128 Å². The molecule has 0 aromatic carbocycles. The van der Waals surface area contributed by atoms with Gasteiger partial charge in [-0.15, -0.1) is 0 Å². The van der Waals surface area contributed by atoms with E-state index in [9.17, 15) is 0 Å². The van der Waals surface area contributed by atoms with Crippen LogP contribution in [0.2, 0.25) is 0 Å². The summed E-state index contributed by atoms with van der Waals surface area (Å²) in [5.74, 6) is 1.55. The topological polar surface area (TPSA) is 29.3 Å². The summed E-state index contributed by atoms with van der Waals surface area (Å²) in [7, 11) is 0. The van der Waals surface area contributed by atoms with E-state index in [1.54, 1.807) is 0 Å². The Kier molecular flexibility index (Phi) is 10.6. The summed E-state index contributed by atoms with van der Waals surface area (Å²) in [5, 5.41) is 0. The van der Waals surface area contributed by atoms with Crippen LogP contribution in [0.1, 0.15) is 80.1 Å². The minimum atomic E-state index is 0.243. The van der Waals surface area contributed by atoms with Crippen LogP contribution in [-0.2, 0) is 0 Å². The third kappa shape index (κ3) is 7.08. The van der Waals surface area contributed by atoms with Gasteiger partial charge in [-0.1, -0.05) is 54.4 Å². The first-order valence-corrected chi connectivity index (χ1v) is 8.87.